The molecule has 2 aliphatic rings. The molecule has 0 radical (unpaired) electrons. The molecule has 2 rings (SSSR count). The van der Waals surface area contributed by atoms with Crippen LogP contribution in [-0.4, -0.2) is 42.6 Å². The van der Waals surface area contributed by atoms with E-state index in [2.05, 4.69) is 27.6 Å². The molecule has 0 aromatic carbocycles. The number of nitrogens with one attached hydrogen (secondary N) is 2. The normalized spacial score (nSPS) is 27.9. The summed E-state index contributed by atoms with van der Waals surface area (Å²) in [7, 11) is 0. The maximum Gasteiger partial charge on any atom is 0.206 e. The van der Waals surface area contributed by atoms with Crippen molar-refractivity contribution in [3.63, 3.8) is 0 Å². The van der Waals surface area contributed by atoms with Gasteiger partial charge in [0.1, 0.15) is 0 Å². The number of aliphatic imine (C=N–C) groups is 1. The van der Waals surface area contributed by atoms with Crippen molar-refractivity contribution in [1.29, 1.82) is 0 Å². The standard InChI is InChI=1S/C11H23N5/c1-2-16-7-3-4-10(8-16)14-11(15-12)13-9-5-6-9/h9-10H,2-8,12H2,1H3,(H2,13,14,15). The van der Waals surface area contributed by atoms with Crippen LogP contribution in [0.2, 0.25) is 0 Å². The van der Waals surface area contributed by atoms with Gasteiger partial charge in [-0.3, -0.25) is 5.43 Å². The molecule has 0 amide bonds. The quantitative estimate of drug-likeness (QED) is 0.275. The summed E-state index contributed by atoms with van der Waals surface area (Å²) in [5, 5.41) is 3.41. The number of nitrogens with zero attached hydrogens (tertiary/aromatic N) is 2. The molecule has 1 atom stereocenters. The van der Waals surface area contributed by atoms with Crippen LogP contribution in [-0.2, 0) is 0 Å². The Balaban J connectivity index is 1.82. The van der Waals surface area contributed by atoms with Crippen LogP contribution in [0.15, 0.2) is 4.99 Å². The van der Waals surface area contributed by atoms with Crippen molar-refractivity contribution in [1.82, 2.24) is 15.6 Å². The van der Waals surface area contributed by atoms with Gasteiger partial charge in [0.2, 0.25) is 5.96 Å². The minimum absolute atomic E-state index is 0.488. The third-order valence-corrected chi connectivity index (χ3v) is 3.29. The van der Waals surface area contributed by atoms with Crippen LogP contribution in [0.1, 0.15) is 32.6 Å². The van der Waals surface area contributed by atoms with Gasteiger partial charge in [-0.05, 0) is 38.8 Å². The highest BCUT2D eigenvalue weighted by molar-refractivity contribution is 5.79. The summed E-state index contributed by atoms with van der Waals surface area (Å²) >= 11 is 0. The number of piperidine rings is 1. The average molecular weight is 225 g/mol. The summed E-state index contributed by atoms with van der Waals surface area (Å²) in [5.41, 5.74) is 2.67. The maximum absolute atomic E-state index is 5.48. The molecule has 0 aromatic rings. The first kappa shape index (κ1) is 11.7. The average Bonchev–Trinajstić information content (AvgIpc) is 3.12. The van der Waals surface area contributed by atoms with Gasteiger partial charge in [0.25, 0.3) is 0 Å². The summed E-state index contributed by atoms with van der Waals surface area (Å²) in [6.07, 6.45) is 4.88. The summed E-state index contributed by atoms with van der Waals surface area (Å²) in [6, 6.07) is 0.992. The number of rotatable bonds is 3. The second-order valence-corrected chi connectivity index (χ2v) is 4.73. The van der Waals surface area contributed by atoms with Crippen LogP contribution < -0.4 is 16.6 Å². The molecule has 1 saturated heterocycles. The monoisotopic (exact) mass is 225 g/mol. The van der Waals surface area contributed by atoms with E-state index >= 15 is 0 Å². The molecule has 5 nitrogen and oxygen atoms in total. The maximum atomic E-state index is 5.48. The van der Waals surface area contributed by atoms with E-state index in [1.807, 2.05) is 0 Å². The predicted octanol–water partition coefficient (Wildman–Crippen LogP) is 0.0420. The minimum atomic E-state index is 0.488. The van der Waals surface area contributed by atoms with Crippen LogP contribution in [0, 0.1) is 0 Å². The van der Waals surface area contributed by atoms with E-state index in [1.54, 1.807) is 0 Å². The lowest BCUT2D eigenvalue weighted by molar-refractivity contribution is 0.209. The van der Waals surface area contributed by atoms with Crippen molar-refractivity contribution in [3.05, 3.63) is 0 Å². The van der Waals surface area contributed by atoms with Crippen LogP contribution >= 0.6 is 0 Å². The van der Waals surface area contributed by atoms with Gasteiger partial charge in [0, 0.05) is 12.6 Å². The number of hydrogen-bond acceptors (Lipinski definition) is 3. The van der Waals surface area contributed by atoms with Crippen molar-refractivity contribution in [2.45, 2.75) is 44.7 Å². The van der Waals surface area contributed by atoms with Crippen LogP contribution in [0.3, 0.4) is 0 Å². The zero-order valence-electron chi connectivity index (χ0n) is 10.1. The first-order valence-corrected chi connectivity index (χ1v) is 6.35. The smallest absolute Gasteiger partial charge is 0.206 e. The summed E-state index contributed by atoms with van der Waals surface area (Å²) in [6.45, 7) is 5.66. The van der Waals surface area contributed by atoms with Gasteiger partial charge in [0.05, 0.1) is 6.04 Å². The lowest BCUT2D eigenvalue weighted by Crippen LogP contribution is -2.52. The summed E-state index contributed by atoms with van der Waals surface area (Å²) in [5.74, 6) is 6.25. The first-order chi connectivity index (χ1) is 7.81. The number of likely N-dealkylation sites (tertiary alicyclic amines) is 1. The molecule has 1 heterocycles. The van der Waals surface area contributed by atoms with E-state index in [0.29, 0.717) is 12.1 Å². The molecule has 92 valence electrons. The van der Waals surface area contributed by atoms with Gasteiger partial charge in [0.15, 0.2) is 0 Å². The number of hydrazine groups is 1. The Morgan fingerprint density at radius 2 is 2.25 bits per heavy atom. The van der Waals surface area contributed by atoms with Crippen molar-refractivity contribution >= 4 is 5.96 Å². The fourth-order valence-corrected chi connectivity index (χ4v) is 2.16. The zero-order chi connectivity index (χ0) is 11.4. The van der Waals surface area contributed by atoms with Gasteiger partial charge in [-0.1, -0.05) is 6.92 Å². The number of nitrogens with two attached hydrogens (primary N) is 1. The molecule has 1 aliphatic heterocycles. The minimum Gasteiger partial charge on any atom is -0.351 e. The molecule has 5 heteroatoms. The Hall–Kier alpha value is -0.810. The van der Waals surface area contributed by atoms with Crippen molar-refractivity contribution in [2.24, 2.45) is 10.8 Å². The van der Waals surface area contributed by atoms with E-state index in [9.17, 15) is 0 Å². The predicted molar refractivity (Wildman–Crippen MR) is 66.1 cm³/mol. The Morgan fingerprint density at radius 1 is 1.44 bits per heavy atom. The SMILES string of the molecule is CCN1CCCC(NC(=NC2CC2)NN)C1. The highest BCUT2D eigenvalue weighted by atomic mass is 15.3. The van der Waals surface area contributed by atoms with E-state index < -0.39 is 0 Å². The Kier molecular flexibility index (Phi) is 4.01. The van der Waals surface area contributed by atoms with Gasteiger partial charge in [-0.2, -0.15) is 0 Å². The molecule has 1 saturated carbocycles. The molecule has 0 aromatic heterocycles. The molecular weight excluding hydrogens is 202 g/mol. The second kappa shape index (κ2) is 5.50. The largest absolute Gasteiger partial charge is 0.351 e. The van der Waals surface area contributed by atoms with Gasteiger partial charge in [-0.25, -0.2) is 10.8 Å². The summed E-state index contributed by atoms with van der Waals surface area (Å²) in [4.78, 5) is 6.97. The molecule has 0 bridgehead atoms. The van der Waals surface area contributed by atoms with E-state index in [4.69, 9.17) is 5.84 Å². The first-order valence-electron chi connectivity index (χ1n) is 6.35. The number of guanidine groups is 1. The van der Waals surface area contributed by atoms with E-state index in [0.717, 1.165) is 19.0 Å². The van der Waals surface area contributed by atoms with Crippen LogP contribution in [0.5, 0.6) is 0 Å². The Labute approximate surface area is 97.4 Å². The number of likely N-dealkylation sites (N-methyl/N-ethyl adjacent to an activating group) is 1. The fraction of sp³-hybridized carbons (Fsp3) is 0.909. The van der Waals surface area contributed by atoms with Gasteiger partial charge in [-0.15, -0.1) is 0 Å². The fourth-order valence-electron chi connectivity index (χ4n) is 2.16. The lowest BCUT2D eigenvalue weighted by atomic mass is 10.1. The van der Waals surface area contributed by atoms with Crippen LogP contribution in [0.4, 0.5) is 0 Å². The van der Waals surface area contributed by atoms with E-state index in [1.165, 1.54) is 32.2 Å². The third-order valence-electron chi connectivity index (χ3n) is 3.29. The molecule has 1 aliphatic carbocycles. The van der Waals surface area contributed by atoms with Crippen LogP contribution in [0.25, 0.3) is 0 Å². The molecular formula is C11H23N5. The van der Waals surface area contributed by atoms with Gasteiger partial charge >= 0.3 is 0 Å². The summed E-state index contributed by atoms with van der Waals surface area (Å²) < 4.78 is 0. The Morgan fingerprint density at radius 3 is 2.88 bits per heavy atom. The highest BCUT2D eigenvalue weighted by Crippen LogP contribution is 2.23. The Bertz CT molecular complexity index is 249. The molecule has 2 fully saturated rings. The molecule has 0 spiro atoms. The highest BCUT2D eigenvalue weighted by Gasteiger charge is 2.23. The second-order valence-electron chi connectivity index (χ2n) is 4.73. The number of hydrogen-bond donors (Lipinski definition) is 3. The lowest BCUT2D eigenvalue weighted by Gasteiger charge is -2.32. The van der Waals surface area contributed by atoms with Crippen molar-refractivity contribution in [2.75, 3.05) is 19.6 Å². The van der Waals surface area contributed by atoms with Crippen molar-refractivity contribution in [3.8, 4) is 0 Å². The van der Waals surface area contributed by atoms with E-state index in [-0.39, 0.29) is 0 Å². The zero-order valence-corrected chi connectivity index (χ0v) is 10.1. The van der Waals surface area contributed by atoms with Gasteiger partial charge < -0.3 is 10.2 Å². The molecule has 4 N–H and O–H groups in total. The topological polar surface area (TPSA) is 65.7 Å². The van der Waals surface area contributed by atoms with Crippen molar-refractivity contribution < 1.29 is 0 Å². The molecule has 16 heavy (non-hydrogen) atoms. The molecule has 1 unspecified atom stereocenters. The third kappa shape index (κ3) is 3.35.